The van der Waals surface area contributed by atoms with Crippen LogP contribution in [0.25, 0.3) is 10.9 Å². The molecule has 104 valence electrons. The van der Waals surface area contributed by atoms with Crippen molar-refractivity contribution in [3.05, 3.63) is 42.1 Å². The number of hydrogen-bond donors (Lipinski definition) is 2. The standard InChI is InChI=1S/C15H16N2O3/c1-15(2,9-13(18)19)17-14(20)11-7-8-16-12-6-4-3-5-10(11)12/h3-8H,9H2,1-2H3,(H,17,20)(H,18,19). The molecule has 2 aromatic rings. The Labute approximate surface area is 116 Å². The van der Waals surface area contributed by atoms with Crippen LogP contribution in [-0.2, 0) is 4.79 Å². The normalized spacial score (nSPS) is 11.3. The molecule has 0 aliphatic carbocycles. The molecule has 5 heteroatoms. The van der Waals surface area contributed by atoms with Crippen molar-refractivity contribution in [2.75, 3.05) is 0 Å². The van der Waals surface area contributed by atoms with Crippen molar-refractivity contribution in [1.29, 1.82) is 0 Å². The quantitative estimate of drug-likeness (QED) is 0.894. The fourth-order valence-electron chi connectivity index (χ4n) is 2.09. The van der Waals surface area contributed by atoms with Gasteiger partial charge < -0.3 is 10.4 Å². The number of para-hydroxylation sites is 1. The van der Waals surface area contributed by atoms with Crippen molar-refractivity contribution in [2.45, 2.75) is 25.8 Å². The van der Waals surface area contributed by atoms with Gasteiger partial charge in [0.05, 0.1) is 17.5 Å². The number of benzene rings is 1. The highest BCUT2D eigenvalue weighted by molar-refractivity contribution is 6.06. The van der Waals surface area contributed by atoms with Crippen LogP contribution < -0.4 is 5.32 Å². The van der Waals surface area contributed by atoms with E-state index in [0.29, 0.717) is 5.56 Å². The molecule has 0 atom stereocenters. The van der Waals surface area contributed by atoms with E-state index in [1.807, 2.05) is 24.3 Å². The number of aromatic nitrogens is 1. The van der Waals surface area contributed by atoms with Crippen LogP contribution in [-0.4, -0.2) is 27.5 Å². The van der Waals surface area contributed by atoms with Gasteiger partial charge >= 0.3 is 5.97 Å². The third-order valence-corrected chi connectivity index (χ3v) is 2.94. The smallest absolute Gasteiger partial charge is 0.305 e. The first-order valence-corrected chi connectivity index (χ1v) is 6.27. The zero-order chi connectivity index (χ0) is 14.8. The summed E-state index contributed by atoms with van der Waals surface area (Å²) >= 11 is 0. The molecule has 0 bridgehead atoms. The van der Waals surface area contributed by atoms with Crippen LogP contribution in [0, 0.1) is 0 Å². The summed E-state index contributed by atoms with van der Waals surface area (Å²) < 4.78 is 0. The lowest BCUT2D eigenvalue weighted by Crippen LogP contribution is -2.45. The topological polar surface area (TPSA) is 79.3 Å². The molecule has 0 unspecified atom stereocenters. The van der Waals surface area contributed by atoms with Gasteiger partial charge in [0.2, 0.25) is 0 Å². The molecule has 5 nitrogen and oxygen atoms in total. The molecule has 2 rings (SSSR count). The number of amides is 1. The van der Waals surface area contributed by atoms with E-state index in [2.05, 4.69) is 10.3 Å². The molecule has 1 amide bonds. The van der Waals surface area contributed by atoms with Crippen molar-refractivity contribution in [1.82, 2.24) is 10.3 Å². The Morgan fingerprint density at radius 1 is 1.25 bits per heavy atom. The highest BCUT2D eigenvalue weighted by atomic mass is 16.4. The summed E-state index contributed by atoms with van der Waals surface area (Å²) in [6, 6.07) is 8.97. The van der Waals surface area contributed by atoms with Crippen LogP contribution in [0.4, 0.5) is 0 Å². The summed E-state index contributed by atoms with van der Waals surface area (Å²) in [4.78, 5) is 27.3. The van der Waals surface area contributed by atoms with E-state index in [4.69, 9.17) is 5.11 Å². The molecule has 0 spiro atoms. The number of nitrogens with zero attached hydrogens (tertiary/aromatic N) is 1. The van der Waals surface area contributed by atoms with Gasteiger partial charge in [0, 0.05) is 17.1 Å². The van der Waals surface area contributed by atoms with Crippen molar-refractivity contribution in [2.24, 2.45) is 0 Å². The minimum absolute atomic E-state index is 0.137. The number of hydrogen-bond acceptors (Lipinski definition) is 3. The Kier molecular flexibility index (Phi) is 3.70. The molecule has 0 fully saturated rings. The van der Waals surface area contributed by atoms with Gasteiger partial charge in [0.25, 0.3) is 5.91 Å². The Bertz CT molecular complexity index is 660. The summed E-state index contributed by atoms with van der Waals surface area (Å²) in [6.45, 7) is 3.37. The summed E-state index contributed by atoms with van der Waals surface area (Å²) in [5.41, 5.74) is 0.415. The molecule has 0 saturated carbocycles. The van der Waals surface area contributed by atoms with Gasteiger partial charge in [-0.15, -0.1) is 0 Å². The van der Waals surface area contributed by atoms with E-state index in [-0.39, 0.29) is 12.3 Å². The third kappa shape index (κ3) is 3.12. The van der Waals surface area contributed by atoms with Gasteiger partial charge in [-0.05, 0) is 26.0 Å². The predicted octanol–water partition coefficient (Wildman–Crippen LogP) is 2.22. The second-order valence-electron chi connectivity index (χ2n) is 5.28. The first-order chi connectivity index (χ1) is 9.39. The van der Waals surface area contributed by atoms with Crippen LogP contribution in [0.2, 0.25) is 0 Å². The number of rotatable bonds is 4. The van der Waals surface area contributed by atoms with Crippen molar-refractivity contribution in [3.8, 4) is 0 Å². The van der Waals surface area contributed by atoms with Gasteiger partial charge in [-0.1, -0.05) is 18.2 Å². The Hall–Kier alpha value is -2.43. The van der Waals surface area contributed by atoms with E-state index in [9.17, 15) is 9.59 Å². The lowest BCUT2D eigenvalue weighted by Gasteiger charge is -2.24. The monoisotopic (exact) mass is 272 g/mol. The van der Waals surface area contributed by atoms with Gasteiger partial charge in [-0.3, -0.25) is 14.6 Å². The number of carbonyl (C=O) groups is 2. The second kappa shape index (κ2) is 5.28. The molecular weight excluding hydrogens is 256 g/mol. The first-order valence-electron chi connectivity index (χ1n) is 6.27. The van der Waals surface area contributed by atoms with E-state index in [0.717, 1.165) is 10.9 Å². The molecule has 0 saturated heterocycles. The number of carboxylic acid groups (broad SMARTS) is 1. The molecule has 2 N–H and O–H groups in total. The van der Waals surface area contributed by atoms with Crippen LogP contribution in [0.15, 0.2) is 36.5 Å². The van der Waals surface area contributed by atoms with Crippen molar-refractivity contribution in [3.63, 3.8) is 0 Å². The highest BCUT2D eigenvalue weighted by Crippen LogP contribution is 2.17. The third-order valence-electron chi connectivity index (χ3n) is 2.94. The Balaban J connectivity index is 2.30. The fourth-order valence-corrected chi connectivity index (χ4v) is 2.09. The fraction of sp³-hybridized carbons (Fsp3) is 0.267. The maximum absolute atomic E-state index is 12.3. The number of aliphatic carboxylic acids is 1. The summed E-state index contributed by atoms with van der Waals surface area (Å²) in [7, 11) is 0. The summed E-state index contributed by atoms with van der Waals surface area (Å²) in [6.07, 6.45) is 1.43. The lowest BCUT2D eigenvalue weighted by atomic mass is 9.99. The molecule has 0 aliphatic rings. The molecule has 0 aliphatic heterocycles. The molecular formula is C15H16N2O3. The van der Waals surface area contributed by atoms with Crippen LogP contribution >= 0.6 is 0 Å². The van der Waals surface area contributed by atoms with Crippen molar-refractivity contribution >= 4 is 22.8 Å². The van der Waals surface area contributed by atoms with Gasteiger partial charge in [0.15, 0.2) is 0 Å². The van der Waals surface area contributed by atoms with E-state index < -0.39 is 11.5 Å². The maximum atomic E-state index is 12.3. The molecule has 1 heterocycles. The molecule has 0 radical (unpaired) electrons. The zero-order valence-electron chi connectivity index (χ0n) is 11.4. The molecule has 20 heavy (non-hydrogen) atoms. The average molecular weight is 272 g/mol. The van der Waals surface area contributed by atoms with Gasteiger partial charge in [0.1, 0.15) is 0 Å². The minimum atomic E-state index is -0.949. The number of fused-ring (bicyclic) bond motifs is 1. The number of carbonyl (C=O) groups excluding carboxylic acids is 1. The van der Waals surface area contributed by atoms with Gasteiger partial charge in [-0.2, -0.15) is 0 Å². The summed E-state index contributed by atoms with van der Waals surface area (Å²) in [5, 5.41) is 12.3. The van der Waals surface area contributed by atoms with E-state index >= 15 is 0 Å². The van der Waals surface area contributed by atoms with E-state index in [1.54, 1.807) is 26.1 Å². The Morgan fingerprint density at radius 2 is 1.95 bits per heavy atom. The average Bonchev–Trinajstić information content (AvgIpc) is 2.35. The molecule has 1 aromatic carbocycles. The van der Waals surface area contributed by atoms with Crippen molar-refractivity contribution < 1.29 is 14.7 Å². The molecule has 1 aromatic heterocycles. The summed E-state index contributed by atoms with van der Waals surface area (Å²) in [5.74, 6) is -1.25. The lowest BCUT2D eigenvalue weighted by molar-refractivity contribution is -0.138. The van der Waals surface area contributed by atoms with Crippen LogP contribution in [0.3, 0.4) is 0 Å². The maximum Gasteiger partial charge on any atom is 0.305 e. The van der Waals surface area contributed by atoms with Crippen LogP contribution in [0.5, 0.6) is 0 Å². The van der Waals surface area contributed by atoms with Gasteiger partial charge in [-0.25, -0.2) is 0 Å². The number of nitrogens with one attached hydrogen (secondary N) is 1. The predicted molar refractivity (Wildman–Crippen MR) is 75.5 cm³/mol. The van der Waals surface area contributed by atoms with E-state index in [1.165, 1.54) is 0 Å². The largest absolute Gasteiger partial charge is 0.481 e. The SMILES string of the molecule is CC(C)(CC(=O)O)NC(=O)c1ccnc2ccccc12. The second-order valence-corrected chi connectivity index (χ2v) is 5.28. The van der Waals surface area contributed by atoms with Crippen LogP contribution in [0.1, 0.15) is 30.6 Å². The minimum Gasteiger partial charge on any atom is -0.481 e. The Morgan fingerprint density at radius 3 is 2.65 bits per heavy atom. The highest BCUT2D eigenvalue weighted by Gasteiger charge is 2.25. The first kappa shape index (κ1) is 14.0. The number of pyridine rings is 1. The number of carboxylic acids is 1. The zero-order valence-corrected chi connectivity index (χ0v) is 11.4.